The maximum atomic E-state index is 3.65. The molecular weight excluding hydrogens is 194 g/mol. The average Bonchev–Trinajstić information content (AvgIpc) is 3.11. The van der Waals surface area contributed by atoms with Crippen LogP contribution in [0.25, 0.3) is 0 Å². The van der Waals surface area contributed by atoms with E-state index in [-0.39, 0.29) is 5.54 Å². The summed E-state index contributed by atoms with van der Waals surface area (Å²) in [5, 5.41) is 3.65. The van der Waals surface area contributed by atoms with Crippen molar-refractivity contribution in [1.29, 1.82) is 0 Å². The predicted molar refractivity (Wildman–Crippen MR) is 69.6 cm³/mol. The molecular formula is C15H23N. The largest absolute Gasteiger partial charge is 0.308 e. The van der Waals surface area contributed by atoms with Gasteiger partial charge in [0.15, 0.2) is 0 Å². The van der Waals surface area contributed by atoms with Crippen LogP contribution in [-0.2, 0) is 6.54 Å². The summed E-state index contributed by atoms with van der Waals surface area (Å²) in [6.45, 7) is 7.78. The normalized spacial score (nSPS) is 16.4. The molecule has 1 aliphatic carbocycles. The maximum Gasteiger partial charge on any atom is 0.0213 e. The fraction of sp³-hybridized carbons (Fsp3) is 0.600. The van der Waals surface area contributed by atoms with E-state index in [4.69, 9.17) is 0 Å². The van der Waals surface area contributed by atoms with Crippen molar-refractivity contribution in [2.45, 2.75) is 58.0 Å². The summed E-state index contributed by atoms with van der Waals surface area (Å²) in [6.07, 6.45) is 3.93. The molecule has 0 amide bonds. The highest BCUT2D eigenvalue weighted by molar-refractivity contribution is 5.33. The SMILES string of the molecule is CCC(C)(C)NCc1ccccc1C1CC1. The van der Waals surface area contributed by atoms with Crippen LogP contribution in [0.15, 0.2) is 24.3 Å². The Morgan fingerprint density at radius 3 is 2.56 bits per heavy atom. The van der Waals surface area contributed by atoms with Gasteiger partial charge < -0.3 is 5.32 Å². The molecule has 1 heteroatoms. The van der Waals surface area contributed by atoms with E-state index in [1.54, 1.807) is 5.56 Å². The lowest BCUT2D eigenvalue weighted by Gasteiger charge is -2.25. The van der Waals surface area contributed by atoms with Crippen LogP contribution >= 0.6 is 0 Å². The molecule has 1 aliphatic rings. The van der Waals surface area contributed by atoms with Gasteiger partial charge in [0.2, 0.25) is 0 Å². The second-order valence-corrected chi connectivity index (χ2v) is 5.56. The van der Waals surface area contributed by atoms with Gasteiger partial charge in [-0.05, 0) is 50.2 Å². The first-order valence-electron chi connectivity index (χ1n) is 6.45. The first-order chi connectivity index (χ1) is 7.62. The number of rotatable bonds is 5. The Bertz CT molecular complexity index is 350. The molecule has 2 rings (SSSR count). The molecule has 1 saturated carbocycles. The highest BCUT2D eigenvalue weighted by Crippen LogP contribution is 2.41. The smallest absolute Gasteiger partial charge is 0.0213 e. The zero-order valence-electron chi connectivity index (χ0n) is 10.7. The lowest BCUT2D eigenvalue weighted by molar-refractivity contribution is 0.374. The average molecular weight is 217 g/mol. The lowest BCUT2D eigenvalue weighted by atomic mass is 9.99. The van der Waals surface area contributed by atoms with Crippen molar-refractivity contribution in [1.82, 2.24) is 5.32 Å². The topological polar surface area (TPSA) is 12.0 Å². The van der Waals surface area contributed by atoms with Gasteiger partial charge >= 0.3 is 0 Å². The van der Waals surface area contributed by atoms with Crippen LogP contribution in [0, 0.1) is 0 Å². The van der Waals surface area contributed by atoms with Crippen molar-refractivity contribution in [3.63, 3.8) is 0 Å². The predicted octanol–water partition coefficient (Wildman–Crippen LogP) is 3.84. The lowest BCUT2D eigenvalue weighted by Crippen LogP contribution is -2.38. The van der Waals surface area contributed by atoms with E-state index in [1.807, 2.05) is 0 Å². The van der Waals surface area contributed by atoms with Crippen molar-refractivity contribution in [2.24, 2.45) is 0 Å². The fourth-order valence-electron chi connectivity index (χ4n) is 1.95. The first-order valence-corrected chi connectivity index (χ1v) is 6.45. The van der Waals surface area contributed by atoms with E-state index < -0.39 is 0 Å². The van der Waals surface area contributed by atoms with E-state index in [0.29, 0.717) is 0 Å². The maximum absolute atomic E-state index is 3.65. The Morgan fingerprint density at radius 1 is 1.25 bits per heavy atom. The molecule has 0 saturated heterocycles. The summed E-state index contributed by atoms with van der Waals surface area (Å²) in [6, 6.07) is 8.89. The molecule has 0 heterocycles. The van der Waals surface area contributed by atoms with Gasteiger partial charge in [-0.1, -0.05) is 31.2 Å². The van der Waals surface area contributed by atoms with Gasteiger partial charge in [-0.15, -0.1) is 0 Å². The van der Waals surface area contributed by atoms with Gasteiger partial charge in [0.25, 0.3) is 0 Å². The van der Waals surface area contributed by atoms with Gasteiger partial charge in [-0.25, -0.2) is 0 Å². The zero-order chi connectivity index (χ0) is 11.6. The number of hydrogen-bond donors (Lipinski definition) is 1. The van der Waals surface area contributed by atoms with Gasteiger partial charge in [0.05, 0.1) is 0 Å². The summed E-state index contributed by atoms with van der Waals surface area (Å²) < 4.78 is 0. The van der Waals surface area contributed by atoms with Crippen LogP contribution < -0.4 is 5.32 Å². The third-order valence-electron chi connectivity index (χ3n) is 3.71. The summed E-state index contributed by atoms with van der Waals surface area (Å²) in [7, 11) is 0. The Kier molecular flexibility index (Phi) is 3.34. The van der Waals surface area contributed by atoms with Gasteiger partial charge in [0, 0.05) is 12.1 Å². The number of hydrogen-bond acceptors (Lipinski definition) is 1. The Balaban J connectivity index is 2.03. The molecule has 1 fully saturated rings. The second-order valence-electron chi connectivity index (χ2n) is 5.56. The summed E-state index contributed by atoms with van der Waals surface area (Å²) in [4.78, 5) is 0. The molecule has 1 aromatic carbocycles. The molecule has 1 aromatic rings. The monoisotopic (exact) mass is 217 g/mol. The molecule has 16 heavy (non-hydrogen) atoms. The van der Waals surface area contributed by atoms with E-state index in [2.05, 4.69) is 50.4 Å². The summed E-state index contributed by atoms with van der Waals surface area (Å²) >= 11 is 0. The Hall–Kier alpha value is -0.820. The fourth-order valence-corrected chi connectivity index (χ4v) is 1.95. The standard InChI is InChI=1S/C15H23N/c1-4-15(2,3)16-11-13-7-5-6-8-14(13)12-9-10-12/h5-8,12,16H,4,9-11H2,1-3H3. The molecule has 88 valence electrons. The molecule has 0 bridgehead atoms. The number of nitrogens with one attached hydrogen (secondary N) is 1. The van der Waals surface area contributed by atoms with Crippen molar-refractivity contribution in [3.05, 3.63) is 35.4 Å². The van der Waals surface area contributed by atoms with E-state index in [9.17, 15) is 0 Å². The van der Waals surface area contributed by atoms with Crippen LogP contribution in [0.5, 0.6) is 0 Å². The molecule has 0 aliphatic heterocycles. The molecule has 0 atom stereocenters. The molecule has 0 radical (unpaired) electrons. The minimum atomic E-state index is 0.247. The first kappa shape index (κ1) is 11.7. The van der Waals surface area contributed by atoms with Crippen LogP contribution in [0.3, 0.4) is 0 Å². The molecule has 0 aromatic heterocycles. The van der Waals surface area contributed by atoms with E-state index >= 15 is 0 Å². The van der Waals surface area contributed by atoms with Crippen LogP contribution in [-0.4, -0.2) is 5.54 Å². The third kappa shape index (κ3) is 2.85. The molecule has 1 nitrogen and oxygen atoms in total. The quantitative estimate of drug-likeness (QED) is 0.790. The Morgan fingerprint density at radius 2 is 1.94 bits per heavy atom. The molecule has 1 N–H and O–H groups in total. The molecule has 0 unspecified atom stereocenters. The van der Waals surface area contributed by atoms with Crippen molar-refractivity contribution < 1.29 is 0 Å². The van der Waals surface area contributed by atoms with E-state index in [0.717, 1.165) is 12.5 Å². The highest BCUT2D eigenvalue weighted by atomic mass is 14.9. The van der Waals surface area contributed by atoms with Crippen molar-refractivity contribution in [3.8, 4) is 0 Å². The second kappa shape index (κ2) is 4.58. The Labute approximate surface area is 99.3 Å². The number of benzene rings is 1. The minimum Gasteiger partial charge on any atom is -0.308 e. The highest BCUT2D eigenvalue weighted by Gasteiger charge is 2.25. The van der Waals surface area contributed by atoms with Crippen LogP contribution in [0.1, 0.15) is 57.1 Å². The van der Waals surface area contributed by atoms with Crippen LogP contribution in [0.4, 0.5) is 0 Å². The van der Waals surface area contributed by atoms with Gasteiger partial charge in [-0.2, -0.15) is 0 Å². The summed E-state index contributed by atoms with van der Waals surface area (Å²) in [5.41, 5.74) is 3.31. The van der Waals surface area contributed by atoms with Crippen molar-refractivity contribution >= 4 is 0 Å². The molecule has 0 spiro atoms. The van der Waals surface area contributed by atoms with Gasteiger partial charge in [-0.3, -0.25) is 0 Å². The third-order valence-corrected chi connectivity index (χ3v) is 3.71. The van der Waals surface area contributed by atoms with Crippen LogP contribution in [0.2, 0.25) is 0 Å². The van der Waals surface area contributed by atoms with Gasteiger partial charge in [0.1, 0.15) is 0 Å². The minimum absolute atomic E-state index is 0.247. The summed E-state index contributed by atoms with van der Waals surface area (Å²) in [5.74, 6) is 0.850. The van der Waals surface area contributed by atoms with E-state index in [1.165, 1.54) is 24.8 Å². The van der Waals surface area contributed by atoms with Crippen molar-refractivity contribution in [2.75, 3.05) is 0 Å². The zero-order valence-corrected chi connectivity index (χ0v) is 10.7.